The summed E-state index contributed by atoms with van der Waals surface area (Å²) in [5.74, 6) is 7.49. The van der Waals surface area contributed by atoms with E-state index in [0.29, 0.717) is 12.6 Å². The van der Waals surface area contributed by atoms with Crippen LogP contribution >= 0.6 is 0 Å². The number of anilines is 1. The van der Waals surface area contributed by atoms with E-state index in [4.69, 9.17) is 4.98 Å². The molecule has 1 aliphatic heterocycles. The fourth-order valence-electron chi connectivity index (χ4n) is 4.58. The van der Waals surface area contributed by atoms with Crippen molar-refractivity contribution in [3.05, 3.63) is 96.4 Å². The number of rotatable bonds is 7. The minimum absolute atomic E-state index is 0.609. The van der Waals surface area contributed by atoms with Gasteiger partial charge in [-0.2, -0.15) is 0 Å². The molecule has 0 radical (unpaired) electrons. The summed E-state index contributed by atoms with van der Waals surface area (Å²) in [6.45, 7) is 10.3. The quantitative estimate of drug-likeness (QED) is 0.351. The zero-order valence-electron chi connectivity index (χ0n) is 22.1. The summed E-state index contributed by atoms with van der Waals surface area (Å²) >= 11 is 0. The van der Waals surface area contributed by atoms with E-state index in [1.165, 1.54) is 5.56 Å². The predicted molar refractivity (Wildman–Crippen MR) is 154 cm³/mol. The number of nitrogens with zero attached hydrogens (tertiary/aromatic N) is 5. The number of nitrogens with one attached hydrogen (secondary N) is 1. The molecule has 0 atom stereocenters. The SMILES string of the molecule is CC(C)N1CCN(CC#Cc2cncc(-c3cc(NCc4ccccc4)nc(-c4ccccn4)c3)c2)CC1. The van der Waals surface area contributed by atoms with Gasteiger partial charge >= 0.3 is 0 Å². The van der Waals surface area contributed by atoms with Crippen LogP contribution in [0, 0.1) is 11.8 Å². The fraction of sp³-hybridized carbons (Fsp3) is 0.281. The first-order valence-electron chi connectivity index (χ1n) is 13.3. The van der Waals surface area contributed by atoms with Crippen LogP contribution in [0.2, 0.25) is 0 Å². The van der Waals surface area contributed by atoms with E-state index in [1.807, 2.05) is 48.8 Å². The van der Waals surface area contributed by atoms with Gasteiger partial charge in [-0.1, -0.05) is 48.2 Å². The molecule has 0 amide bonds. The molecule has 0 unspecified atom stereocenters. The van der Waals surface area contributed by atoms with Crippen LogP contribution in [-0.4, -0.2) is 63.5 Å². The maximum absolute atomic E-state index is 4.85. The van der Waals surface area contributed by atoms with Crippen LogP contribution in [0.15, 0.2) is 85.3 Å². The van der Waals surface area contributed by atoms with E-state index in [2.05, 4.69) is 81.1 Å². The molecule has 1 N–H and O–H groups in total. The number of aromatic nitrogens is 3. The van der Waals surface area contributed by atoms with Crippen LogP contribution in [0.1, 0.15) is 25.0 Å². The first-order valence-corrected chi connectivity index (χ1v) is 13.3. The Morgan fingerprint density at radius 1 is 0.868 bits per heavy atom. The Morgan fingerprint density at radius 2 is 1.68 bits per heavy atom. The molecule has 3 aromatic heterocycles. The molecule has 5 rings (SSSR count). The third-order valence-corrected chi connectivity index (χ3v) is 6.81. The molecule has 1 aliphatic rings. The van der Waals surface area contributed by atoms with E-state index < -0.39 is 0 Å². The van der Waals surface area contributed by atoms with Crippen molar-refractivity contribution in [1.29, 1.82) is 0 Å². The van der Waals surface area contributed by atoms with Crippen LogP contribution in [0.25, 0.3) is 22.5 Å². The van der Waals surface area contributed by atoms with Gasteiger partial charge in [-0.25, -0.2) is 4.98 Å². The van der Waals surface area contributed by atoms with Gasteiger partial charge in [-0.3, -0.25) is 19.8 Å². The standard InChI is InChI=1S/C32H34N6/c1-25(2)38-17-15-37(16-18-38)14-8-11-27-19-29(24-33-22-27)28-20-31(30-12-6-7-13-34-30)36-32(21-28)35-23-26-9-4-3-5-10-26/h3-7,9-10,12-13,19-22,24-25H,14-18,23H2,1-2H3,(H,35,36). The van der Waals surface area contributed by atoms with Crippen molar-refractivity contribution in [2.45, 2.75) is 26.4 Å². The molecule has 1 aromatic carbocycles. The second-order valence-electron chi connectivity index (χ2n) is 9.85. The van der Waals surface area contributed by atoms with Gasteiger partial charge in [-0.05, 0) is 55.3 Å². The van der Waals surface area contributed by atoms with Gasteiger partial charge in [0, 0.05) is 68.5 Å². The molecule has 38 heavy (non-hydrogen) atoms. The Bertz CT molecular complexity index is 1380. The van der Waals surface area contributed by atoms with E-state index in [-0.39, 0.29) is 0 Å². The zero-order chi connectivity index (χ0) is 26.2. The first-order chi connectivity index (χ1) is 18.6. The summed E-state index contributed by atoms with van der Waals surface area (Å²) in [7, 11) is 0. The number of hydrogen-bond donors (Lipinski definition) is 1. The van der Waals surface area contributed by atoms with Crippen molar-refractivity contribution < 1.29 is 0 Å². The van der Waals surface area contributed by atoms with Gasteiger partial charge in [0.15, 0.2) is 0 Å². The van der Waals surface area contributed by atoms with Crippen LogP contribution in [-0.2, 0) is 6.54 Å². The Morgan fingerprint density at radius 3 is 2.45 bits per heavy atom. The van der Waals surface area contributed by atoms with E-state index in [1.54, 1.807) is 6.20 Å². The van der Waals surface area contributed by atoms with Crippen molar-refractivity contribution in [1.82, 2.24) is 24.8 Å². The van der Waals surface area contributed by atoms with Crippen LogP contribution in [0.5, 0.6) is 0 Å². The van der Waals surface area contributed by atoms with Crippen molar-refractivity contribution in [3.8, 4) is 34.4 Å². The molecule has 6 heteroatoms. The molecular formula is C32H34N6. The van der Waals surface area contributed by atoms with Crippen molar-refractivity contribution in [3.63, 3.8) is 0 Å². The molecule has 1 fully saturated rings. The largest absolute Gasteiger partial charge is 0.366 e. The minimum atomic E-state index is 0.609. The Kier molecular flexibility index (Phi) is 8.39. The molecule has 6 nitrogen and oxygen atoms in total. The second kappa shape index (κ2) is 12.5. The summed E-state index contributed by atoms with van der Waals surface area (Å²) in [6.07, 6.45) is 5.51. The fourth-order valence-corrected chi connectivity index (χ4v) is 4.58. The first kappa shape index (κ1) is 25.6. The van der Waals surface area contributed by atoms with E-state index >= 15 is 0 Å². The van der Waals surface area contributed by atoms with Crippen LogP contribution < -0.4 is 5.32 Å². The van der Waals surface area contributed by atoms with Crippen LogP contribution in [0.4, 0.5) is 5.82 Å². The maximum atomic E-state index is 4.85. The topological polar surface area (TPSA) is 57.2 Å². The van der Waals surface area contributed by atoms with Crippen molar-refractivity contribution in [2.75, 3.05) is 38.0 Å². The smallest absolute Gasteiger partial charge is 0.127 e. The third-order valence-electron chi connectivity index (χ3n) is 6.81. The monoisotopic (exact) mass is 502 g/mol. The summed E-state index contributed by atoms with van der Waals surface area (Å²) in [4.78, 5) is 18.8. The average Bonchev–Trinajstić information content (AvgIpc) is 2.97. The molecule has 4 heterocycles. The van der Waals surface area contributed by atoms with Crippen molar-refractivity contribution in [2.24, 2.45) is 0 Å². The Hall–Kier alpha value is -4.05. The number of hydrogen-bond acceptors (Lipinski definition) is 6. The molecule has 0 aliphatic carbocycles. The summed E-state index contributed by atoms with van der Waals surface area (Å²) in [5.41, 5.74) is 5.79. The highest BCUT2D eigenvalue weighted by Crippen LogP contribution is 2.27. The normalized spacial score (nSPS) is 14.2. The van der Waals surface area contributed by atoms with Gasteiger partial charge in [0.25, 0.3) is 0 Å². The average molecular weight is 503 g/mol. The molecule has 192 valence electrons. The van der Waals surface area contributed by atoms with Crippen LogP contribution in [0.3, 0.4) is 0 Å². The Balaban J connectivity index is 1.35. The lowest BCUT2D eigenvalue weighted by atomic mass is 10.0. The summed E-state index contributed by atoms with van der Waals surface area (Å²) < 4.78 is 0. The van der Waals surface area contributed by atoms with Gasteiger partial charge in [0.05, 0.1) is 17.9 Å². The third kappa shape index (κ3) is 6.83. The van der Waals surface area contributed by atoms with Crippen molar-refractivity contribution >= 4 is 5.82 Å². The van der Waals surface area contributed by atoms with Gasteiger partial charge < -0.3 is 5.32 Å². The highest BCUT2D eigenvalue weighted by molar-refractivity contribution is 5.73. The zero-order valence-corrected chi connectivity index (χ0v) is 22.1. The van der Waals surface area contributed by atoms with E-state index in [9.17, 15) is 0 Å². The Labute approximate surface area is 225 Å². The summed E-state index contributed by atoms with van der Waals surface area (Å²) in [5, 5.41) is 3.48. The van der Waals surface area contributed by atoms with Gasteiger partial charge in [-0.15, -0.1) is 0 Å². The molecular weight excluding hydrogens is 468 g/mol. The lowest BCUT2D eigenvalue weighted by Gasteiger charge is -2.36. The molecule has 0 bridgehead atoms. The lowest BCUT2D eigenvalue weighted by Crippen LogP contribution is -2.48. The highest BCUT2D eigenvalue weighted by Gasteiger charge is 2.17. The molecule has 4 aromatic rings. The van der Waals surface area contributed by atoms with E-state index in [0.717, 1.165) is 66.6 Å². The molecule has 0 spiro atoms. The highest BCUT2D eigenvalue weighted by atomic mass is 15.3. The lowest BCUT2D eigenvalue weighted by molar-refractivity contribution is 0.118. The van der Waals surface area contributed by atoms with Gasteiger partial charge in [0.2, 0.25) is 0 Å². The minimum Gasteiger partial charge on any atom is -0.366 e. The summed E-state index contributed by atoms with van der Waals surface area (Å²) in [6, 6.07) is 23.1. The second-order valence-corrected chi connectivity index (χ2v) is 9.85. The molecule has 1 saturated heterocycles. The molecule has 0 saturated carbocycles. The number of pyridine rings is 3. The number of piperazine rings is 1. The predicted octanol–water partition coefficient (Wildman–Crippen LogP) is 5.20. The number of benzene rings is 1. The van der Waals surface area contributed by atoms with Gasteiger partial charge in [0.1, 0.15) is 5.82 Å². The maximum Gasteiger partial charge on any atom is 0.127 e.